The van der Waals surface area contributed by atoms with E-state index in [1.807, 2.05) is 55.5 Å². The van der Waals surface area contributed by atoms with Crippen LogP contribution >= 0.6 is 11.6 Å². The van der Waals surface area contributed by atoms with E-state index in [9.17, 15) is 19.5 Å². The molecule has 1 spiro atoms. The molecule has 4 aliphatic heterocycles. The molecule has 0 aromatic heterocycles. The minimum absolute atomic E-state index is 0.193. The number of ether oxygens (including phenoxy) is 2. The third kappa shape index (κ3) is 4.23. The molecule has 0 radical (unpaired) electrons. The largest absolute Gasteiger partial charge is 0.465 e. The Balaban J connectivity index is 1.57. The highest BCUT2D eigenvalue weighted by Crippen LogP contribution is 2.59. The zero-order chi connectivity index (χ0) is 28.8. The van der Waals surface area contributed by atoms with Crippen LogP contribution < -0.4 is 4.90 Å². The van der Waals surface area contributed by atoms with Crippen molar-refractivity contribution in [2.24, 2.45) is 11.8 Å². The van der Waals surface area contributed by atoms with Crippen molar-refractivity contribution in [1.82, 2.24) is 4.90 Å². The molecule has 2 aromatic carbocycles. The molecule has 41 heavy (non-hydrogen) atoms. The zero-order valence-corrected chi connectivity index (χ0v) is 23.6. The van der Waals surface area contributed by atoms with Gasteiger partial charge in [0.1, 0.15) is 23.2 Å². The summed E-state index contributed by atoms with van der Waals surface area (Å²) in [5.41, 5.74) is -1.45. The number of aliphatic hydroxyl groups is 1. The Morgan fingerprint density at radius 3 is 2.49 bits per heavy atom. The van der Waals surface area contributed by atoms with Crippen LogP contribution in [-0.4, -0.2) is 64.8 Å². The highest BCUT2D eigenvalue weighted by Gasteiger charge is 2.76. The van der Waals surface area contributed by atoms with E-state index in [-0.39, 0.29) is 13.2 Å². The van der Waals surface area contributed by atoms with Gasteiger partial charge >= 0.3 is 5.97 Å². The minimum atomic E-state index is -1.48. The number of hydrogen-bond acceptors (Lipinski definition) is 6. The number of nitrogens with zero attached hydrogens (tertiary/aromatic N) is 2. The quantitative estimate of drug-likeness (QED) is 0.423. The summed E-state index contributed by atoms with van der Waals surface area (Å²) in [7, 11) is 0. The molecule has 1 unspecified atom stereocenters. The lowest BCUT2D eigenvalue weighted by Crippen LogP contribution is -2.57. The Morgan fingerprint density at radius 2 is 1.76 bits per heavy atom. The van der Waals surface area contributed by atoms with Gasteiger partial charge in [0.2, 0.25) is 5.91 Å². The molecule has 2 saturated heterocycles. The number of aliphatic hydroxyl groups excluding tert-OH is 1. The van der Waals surface area contributed by atoms with Crippen LogP contribution in [0.4, 0.5) is 5.69 Å². The van der Waals surface area contributed by atoms with Crippen LogP contribution in [0.15, 0.2) is 78.9 Å². The SMILES string of the molecule is CC[C@@]12/C=C\CCCOC(=O)[C@@H]1[C@H]1C(=O)N([C@H](CO)c3ccccc3)C3C(=O)N(c4ccccc4Cl)CC=C[C@@]31O2. The molecular weight excluding hydrogens is 544 g/mol. The Bertz CT molecular complexity index is 1410. The molecular formula is C32H33ClN2O6. The topological polar surface area (TPSA) is 96.4 Å². The second-order valence-electron chi connectivity index (χ2n) is 11.0. The molecule has 2 fully saturated rings. The van der Waals surface area contributed by atoms with Crippen molar-refractivity contribution in [3.05, 3.63) is 89.5 Å². The van der Waals surface area contributed by atoms with Crippen molar-refractivity contribution in [3.8, 4) is 0 Å². The van der Waals surface area contributed by atoms with Gasteiger partial charge in [-0.25, -0.2) is 0 Å². The van der Waals surface area contributed by atoms with E-state index >= 15 is 0 Å². The number of amides is 2. The first kappa shape index (κ1) is 27.7. The van der Waals surface area contributed by atoms with Crippen molar-refractivity contribution in [2.75, 3.05) is 24.7 Å². The van der Waals surface area contributed by atoms with Crippen LogP contribution in [0, 0.1) is 11.8 Å². The van der Waals surface area contributed by atoms with E-state index in [1.165, 1.54) is 4.90 Å². The Kier molecular flexibility index (Phi) is 7.26. The maximum atomic E-state index is 14.7. The molecule has 2 aromatic rings. The first-order chi connectivity index (χ1) is 19.9. The summed E-state index contributed by atoms with van der Waals surface area (Å²) in [5.74, 6) is -3.35. The second kappa shape index (κ2) is 10.7. The van der Waals surface area contributed by atoms with Crippen LogP contribution in [0.5, 0.6) is 0 Å². The molecule has 9 heteroatoms. The Hall–Kier alpha value is -3.46. The van der Waals surface area contributed by atoms with Gasteiger partial charge in [-0.15, -0.1) is 0 Å². The first-order valence-corrected chi connectivity index (χ1v) is 14.5. The van der Waals surface area contributed by atoms with E-state index in [2.05, 4.69) is 0 Å². The molecule has 4 heterocycles. The van der Waals surface area contributed by atoms with Crippen LogP contribution in [0.25, 0.3) is 0 Å². The lowest BCUT2D eigenvalue weighted by molar-refractivity contribution is -0.161. The predicted molar refractivity (Wildman–Crippen MR) is 153 cm³/mol. The number of rotatable bonds is 5. The molecule has 1 N–H and O–H groups in total. The normalized spacial score (nSPS) is 32.7. The van der Waals surface area contributed by atoms with E-state index in [1.54, 1.807) is 35.2 Å². The van der Waals surface area contributed by atoms with Gasteiger partial charge in [0.15, 0.2) is 0 Å². The smallest absolute Gasteiger partial charge is 0.313 e. The summed E-state index contributed by atoms with van der Waals surface area (Å²) < 4.78 is 12.7. The average Bonchev–Trinajstić information content (AvgIpc) is 3.36. The lowest BCUT2D eigenvalue weighted by atomic mass is 9.73. The first-order valence-electron chi connectivity index (χ1n) is 14.1. The van der Waals surface area contributed by atoms with Crippen LogP contribution in [0.2, 0.25) is 5.02 Å². The van der Waals surface area contributed by atoms with E-state index in [0.717, 1.165) is 0 Å². The maximum Gasteiger partial charge on any atom is 0.313 e. The summed E-state index contributed by atoms with van der Waals surface area (Å²) in [5, 5.41) is 11.1. The van der Waals surface area contributed by atoms with Gasteiger partial charge in [-0.2, -0.15) is 0 Å². The van der Waals surface area contributed by atoms with Crippen LogP contribution in [-0.2, 0) is 23.9 Å². The van der Waals surface area contributed by atoms with E-state index in [4.69, 9.17) is 21.1 Å². The standard InChI is InChI=1S/C32H33ClN2O6/c1-2-31-16-9-4-10-19-40-30(39)26(31)25-28(37)35(24(20-36)21-12-5-3-6-13-21)27-29(38)34(18-11-17-32(25,27)41-31)23-15-8-7-14-22(23)33/h3,5-9,11-17,24-27,36H,2,4,10,18-20H2,1H3/b16-9-/t24-,25+,26+,27?,31-,32+/m1/s1. The number of likely N-dealkylation sites (tertiary alicyclic amines) is 1. The maximum absolute atomic E-state index is 14.7. The van der Waals surface area contributed by atoms with Crippen LogP contribution in [0.3, 0.4) is 0 Å². The fourth-order valence-electron chi connectivity index (χ4n) is 7.07. The number of benzene rings is 2. The van der Waals surface area contributed by atoms with Crippen molar-refractivity contribution >= 4 is 35.1 Å². The summed E-state index contributed by atoms with van der Waals surface area (Å²) in [6, 6.07) is 14.1. The second-order valence-corrected chi connectivity index (χ2v) is 11.4. The van der Waals surface area contributed by atoms with Gasteiger partial charge in [-0.1, -0.05) is 85.3 Å². The Labute approximate surface area is 244 Å². The molecule has 0 saturated carbocycles. The molecule has 8 nitrogen and oxygen atoms in total. The number of esters is 1. The number of carbonyl (C=O) groups excluding carboxylic acids is 3. The van der Waals surface area contributed by atoms with Gasteiger partial charge in [-0.05, 0) is 37.0 Å². The summed E-state index contributed by atoms with van der Waals surface area (Å²) in [4.78, 5) is 46.2. The third-order valence-electron chi connectivity index (χ3n) is 8.91. The van der Waals surface area contributed by atoms with Crippen molar-refractivity contribution in [2.45, 2.75) is 49.5 Å². The summed E-state index contributed by atoms with van der Waals surface area (Å²) in [6.45, 7) is 1.92. The minimum Gasteiger partial charge on any atom is -0.465 e. The number of halogens is 1. The average molecular weight is 577 g/mol. The molecule has 6 rings (SSSR count). The van der Waals surface area contributed by atoms with Gasteiger partial charge in [0.25, 0.3) is 5.91 Å². The molecule has 0 aliphatic carbocycles. The summed E-state index contributed by atoms with van der Waals surface area (Å²) in [6.07, 6.45) is 9.23. The van der Waals surface area contributed by atoms with Gasteiger partial charge in [0, 0.05) is 6.54 Å². The predicted octanol–water partition coefficient (Wildman–Crippen LogP) is 4.23. The summed E-state index contributed by atoms with van der Waals surface area (Å²) >= 11 is 6.55. The number of allylic oxidation sites excluding steroid dienone is 1. The number of fused-ring (bicyclic) bond motifs is 2. The Morgan fingerprint density at radius 1 is 1.00 bits per heavy atom. The van der Waals surface area contributed by atoms with E-state index < -0.39 is 59.5 Å². The van der Waals surface area contributed by atoms with Crippen molar-refractivity contribution < 1.29 is 29.0 Å². The number of anilines is 1. The molecule has 214 valence electrons. The number of para-hydroxylation sites is 1. The number of hydrogen-bond donors (Lipinski definition) is 1. The van der Waals surface area contributed by atoms with Gasteiger partial charge in [-0.3, -0.25) is 14.4 Å². The number of carbonyl (C=O) groups is 3. The highest BCUT2D eigenvalue weighted by atomic mass is 35.5. The fraction of sp³-hybridized carbons (Fsp3) is 0.406. The highest BCUT2D eigenvalue weighted by molar-refractivity contribution is 6.34. The fourth-order valence-corrected chi connectivity index (χ4v) is 7.30. The van der Waals surface area contributed by atoms with Gasteiger partial charge in [0.05, 0.1) is 35.9 Å². The zero-order valence-electron chi connectivity index (χ0n) is 22.8. The molecule has 2 amide bonds. The third-order valence-corrected chi connectivity index (χ3v) is 9.23. The monoisotopic (exact) mass is 576 g/mol. The molecule has 4 aliphatic rings. The van der Waals surface area contributed by atoms with Crippen LogP contribution in [0.1, 0.15) is 37.8 Å². The van der Waals surface area contributed by atoms with Crippen molar-refractivity contribution in [1.29, 1.82) is 0 Å². The molecule has 0 bridgehead atoms. The van der Waals surface area contributed by atoms with E-state index in [0.29, 0.717) is 35.5 Å². The number of cyclic esters (lactones) is 1. The van der Waals surface area contributed by atoms with Gasteiger partial charge < -0.3 is 24.4 Å². The lowest BCUT2D eigenvalue weighted by Gasteiger charge is -2.41. The van der Waals surface area contributed by atoms with Crippen molar-refractivity contribution in [3.63, 3.8) is 0 Å². The molecule has 6 atom stereocenters.